The van der Waals surface area contributed by atoms with Gasteiger partial charge in [0.25, 0.3) is 0 Å². The van der Waals surface area contributed by atoms with E-state index in [-0.39, 0.29) is 6.10 Å². The molecule has 2 unspecified atom stereocenters. The molecular formula is C14H19N5OS. The Hall–Kier alpha value is -1.28. The van der Waals surface area contributed by atoms with Crippen molar-refractivity contribution in [3.8, 4) is 0 Å². The summed E-state index contributed by atoms with van der Waals surface area (Å²) in [6.45, 7) is 0.741. The van der Waals surface area contributed by atoms with Crippen LogP contribution in [0.4, 0.5) is 5.82 Å². The van der Waals surface area contributed by atoms with Crippen LogP contribution in [0.1, 0.15) is 31.5 Å². The van der Waals surface area contributed by atoms with Crippen molar-refractivity contribution < 1.29 is 5.11 Å². The summed E-state index contributed by atoms with van der Waals surface area (Å²) in [5.41, 5.74) is 2.68. The van der Waals surface area contributed by atoms with Crippen molar-refractivity contribution in [2.45, 2.75) is 50.4 Å². The number of anilines is 1. The Morgan fingerprint density at radius 1 is 1.33 bits per heavy atom. The molecule has 112 valence electrons. The molecular weight excluding hydrogens is 286 g/mol. The average Bonchev–Trinajstić information content (AvgIpc) is 3.02. The van der Waals surface area contributed by atoms with Crippen LogP contribution >= 0.6 is 11.3 Å². The summed E-state index contributed by atoms with van der Waals surface area (Å²) in [6, 6.07) is 2.92. The van der Waals surface area contributed by atoms with Crippen LogP contribution in [0.5, 0.6) is 0 Å². The molecule has 0 amide bonds. The number of hydrogen-bond donors (Lipinski definition) is 3. The largest absolute Gasteiger partial charge is 0.393 e. The molecule has 0 radical (unpaired) electrons. The zero-order valence-electron chi connectivity index (χ0n) is 11.7. The number of hydrogen-bond acceptors (Lipinski definition) is 7. The quantitative estimate of drug-likeness (QED) is 0.588. The number of aliphatic hydroxyl groups excluding tert-OH is 1. The van der Waals surface area contributed by atoms with Gasteiger partial charge in [0, 0.05) is 12.1 Å². The van der Waals surface area contributed by atoms with Gasteiger partial charge in [0.15, 0.2) is 5.82 Å². The Kier molecular flexibility index (Phi) is 3.30. The number of hydrazine groups is 1. The van der Waals surface area contributed by atoms with E-state index in [0.717, 1.165) is 35.4 Å². The molecule has 4 rings (SSSR count). The van der Waals surface area contributed by atoms with E-state index in [2.05, 4.69) is 20.3 Å². The molecule has 2 aromatic heterocycles. The minimum atomic E-state index is -0.138. The van der Waals surface area contributed by atoms with Gasteiger partial charge in [-0.2, -0.15) is 0 Å². The van der Waals surface area contributed by atoms with Gasteiger partial charge < -0.3 is 10.5 Å². The Balaban J connectivity index is 1.62. The number of fused-ring (bicyclic) bond motifs is 3. The zero-order valence-corrected chi connectivity index (χ0v) is 12.5. The second-order valence-electron chi connectivity index (χ2n) is 5.95. The number of aromatic nitrogens is 2. The number of nitrogens with one attached hydrogen (secondary N) is 1. The van der Waals surface area contributed by atoms with E-state index in [1.54, 1.807) is 11.3 Å². The minimum absolute atomic E-state index is 0.138. The number of piperidine rings is 1. The Labute approximate surface area is 127 Å². The van der Waals surface area contributed by atoms with Gasteiger partial charge in [-0.05, 0) is 37.1 Å². The molecule has 0 saturated carbocycles. The van der Waals surface area contributed by atoms with Crippen LogP contribution < -0.4 is 11.3 Å². The number of nitrogen functional groups attached to an aromatic ring is 1. The van der Waals surface area contributed by atoms with Gasteiger partial charge in [-0.3, -0.25) is 4.90 Å². The smallest absolute Gasteiger partial charge is 0.152 e. The van der Waals surface area contributed by atoms with Crippen LogP contribution in [-0.2, 0) is 6.54 Å². The van der Waals surface area contributed by atoms with Gasteiger partial charge in [-0.15, -0.1) is 11.3 Å². The van der Waals surface area contributed by atoms with Crippen LogP contribution in [0.25, 0.3) is 10.2 Å². The van der Waals surface area contributed by atoms with Crippen molar-refractivity contribution in [3.63, 3.8) is 0 Å². The Bertz CT molecular complexity index is 646. The van der Waals surface area contributed by atoms with Gasteiger partial charge in [-0.25, -0.2) is 15.8 Å². The third-order valence-corrected chi connectivity index (χ3v) is 5.50. The summed E-state index contributed by atoms with van der Waals surface area (Å²) < 4.78 is 0. The predicted octanol–water partition coefficient (Wildman–Crippen LogP) is 1.46. The summed E-state index contributed by atoms with van der Waals surface area (Å²) in [7, 11) is 0. The lowest BCUT2D eigenvalue weighted by molar-refractivity contribution is 0.0297. The highest BCUT2D eigenvalue weighted by atomic mass is 32.1. The molecule has 4 N–H and O–H groups in total. The van der Waals surface area contributed by atoms with Crippen molar-refractivity contribution in [1.82, 2.24) is 14.9 Å². The third kappa shape index (κ3) is 2.30. The van der Waals surface area contributed by atoms with Gasteiger partial charge in [0.1, 0.15) is 10.7 Å². The van der Waals surface area contributed by atoms with Crippen LogP contribution in [0.2, 0.25) is 0 Å². The van der Waals surface area contributed by atoms with Crippen LogP contribution in [0.3, 0.4) is 0 Å². The first kappa shape index (κ1) is 13.4. The Morgan fingerprint density at radius 3 is 2.81 bits per heavy atom. The second-order valence-corrected chi connectivity index (χ2v) is 6.85. The van der Waals surface area contributed by atoms with E-state index in [0.29, 0.717) is 17.9 Å². The highest BCUT2D eigenvalue weighted by Crippen LogP contribution is 2.36. The average molecular weight is 305 g/mol. The highest BCUT2D eigenvalue weighted by molar-refractivity contribution is 7.16. The van der Waals surface area contributed by atoms with Crippen LogP contribution in [0, 0.1) is 0 Å². The number of thiophene rings is 1. The van der Waals surface area contributed by atoms with Gasteiger partial charge in [0.2, 0.25) is 0 Å². The number of aliphatic hydroxyl groups is 1. The maximum absolute atomic E-state index is 9.89. The fourth-order valence-corrected chi connectivity index (χ4v) is 4.53. The van der Waals surface area contributed by atoms with Crippen LogP contribution in [-0.4, -0.2) is 38.2 Å². The SMILES string of the molecule is NNc1nc(CN2C3CCC2CC(O)C3)nc2sccc12. The summed E-state index contributed by atoms with van der Waals surface area (Å²) in [4.78, 5) is 12.6. The molecule has 2 fully saturated rings. The molecule has 21 heavy (non-hydrogen) atoms. The van der Waals surface area contributed by atoms with Crippen LogP contribution in [0.15, 0.2) is 11.4 Å². The van der Waals surface area contributed by atoms with Crippen molar-refractivity contribution in [1.29, 1.82) is 0 Å². The lowest BCUT2D eigenvalue weighted by Crippen LogP contribution is -2.44. The van der Waals surface area contributed by atoms with Gasteiger partial charge in [0.05, 0.1) is 18.0 Å². The molecule has 0 aliphatic carbocycles. The summed E-state index contributed by atoms with van der Waals surface area (Å²) in [5, 5.41) is 12.9. The molecule has 4 heterocycles. The topological polar surface area (TPSA) is 87.3 Å². The first-order valence-electron chi connectivity index (χ1n) is 7.39. The standard InChI is InChI=1S/C14H19N5OS/c15-18-13-11-3-4-21-14(11)17-12(16-13)7-19-8-1-2-9(19)6-10(20)5-8/h3-4,8-10,20H,1-2,5-7,15H2,(H,16,17,18). The number of nitrogens with two attached hydrogens (primary N) is 1. The van der Waals surface area contributed by atoms with Crippen molar-refractivity contribution in [2.24, 2.45) is 5.84 Å². The van der Waals surface area contributed by atoms with Gasteiger partial charge in [-0.1, -0.05) is 0 Å². The monoisotopic (exact) mass is 305 g/mol. The summed E-state index contributed by atoms with van der Waals surface area (Å²) in [6.07, 6.45) is 3.95. The van der Waals surface area contributed by atoms with E-state index >= 15 is 0 Å². The van der Waals surface area contributed by atoms with Crippen molar-refractivity contribution >= 4 is 27.4 Å². The summed E-state index contributed by atoms with van der Waals surface area (Å²) >= 11 is 1.61. The summed E-state index contributed by atoms with van der Waals surface area (Å²) in [5.74, 6) is 7.09. The van der Waals surface area contributed by atoms with E-state index in [1.807, 2.05) is 11.4 Å². The highest BCUT2D eigenvalue weighted by Gasteiger charge is 2.40. The number of nitrogens with zero attached hydrogens (tertiary/aromatic N) is 3. The second kappa shape index (κ2) is 5.17. The molecule has 2 bridgehead atoms. The lowest BCUT2D eigenvalue weighted by atomic mass is 10.00. The molecule has 2 aromatic rings. The molecule has 2 aliphatic rings. The fraction of sp³-hybridized carbons (Fsp3) is 0.571. The van der Waals surface area contributed by atoms with Crippen molar-refractivity contribution in [3.05, 3.63) is 17.3 Å². The lowest BCUT2D eigenvalue weighted by Gasteiger charge is -2.36. The maximum Gasteiger partial charge on any atom is 0.152 e. The molecule has 6 nitrogen and oxygen atoms in total. The number of rotatable bonds is 3. The van der Waals surface area contributed by atoms with Gasteiger partial charge >= 0.3 is 0 Å². The molecule has 2 aliphatic heterocycles. The van der Waals surface area contributed by atoms with E-state index in [4.69, 9.17) is 5.84 Å². The van der Waals surface area contributed by atoms with E-state index < -0.39 is 0 Å². The molecule has 7 heteroatoms. The molecule has 0 spiro atoms. The molecule has 2 saturated heterocycles. The van der Waals surface area contributed by atoms with E-state index in [9.17, 15) is 5.11 Å². The third-order valence-electron chi connectivity index (χ3n) is 4.69. The molecule has 2 atom stereocenters. The normalized spacial score (nSPS) is 29.1. The minimum Gasteiger partial charge on any atom is -0.393 e. The fourth-order valence-electron chi connectivity index (χ4n) is 3.75. The predicted molar refractivity (Wildman–Crippen MR) is 82.8 cm³/mol. The Morgan fingerprint density at radius 2 is 2.10 bits per heavy atom. The first-order chi connectivity index (χ1) is 10.2. The maximum atomic E-state index is 9.89. The zero-order chi connectivity index (χ0) is 14.4. The van der Waals surface area contributed by atoms with E-state index in [1.165, 1.54) is 12.8 Å². The first-order valence-corrected chi connectivity index (χ1v) is 8.27. The van der Waals surface area contributed by atoms with Crippen molar-refractivity contribution in [2.75, 3.05) is 5.43 Å². The molecule has 0 aromatic carbocycles.